The largest absolute Gasteiger partial charge is 0.451 e. The van der Waals surface area contributed by atoms with Crippen LogP contribution in [0.1, 0.15) is 10.6 Å². The van der Waals surface area contributed by atoms with Gasteiger partial charge >= 0.3 is 0 Å². The number of carbonyl (C=O) groups excluding carboxylic acids is 1. The summed E-state index contributed by atoms with van der Waals surface area (Å²) in [5.41, 5.74) is 1.30. The zero-order valence-electron chi connectivity index (χ0n) is 11.0. The van der Waals surface area contributed by atoms with Crippen molar-refractivity contribution in [2.24, 2.45) is 0 Å². The predicted molar refractivity (Wildman–Crippen MR) is 80.3 cm³/mol. The van der Waals surface area contributed by atoms with Crippen LogP contribution in [0.5, 0.6) is 0 Å². The number of anilines is 1. The second kappa shape index (κ2) is 4.49. The minimum atomic E-state index is -0.295. The zero-order valence-corrected chi connectivity index (χ0v) is 11.0. The van der Waals surface area contributed by atoms with Gasteiger partial charge in [0.05, 0.1) is 11.9 Å². The smallest absolute Gasteiger partial charge is 0.291 e. The number of hydrogen-bond donors (Lipinski definition) is 2. The van der Waals surface area contributed by atoms with Gasteiger partial charge in [0.15, 0.2) is 5.76 Å². The molecule has 4 aromatic rings. The van der Waals surface area contributed by atoms with Crippen LogP contribution >= 0.6 is 0 Å². The molecule has 2 aromatic heterocycles. The molecule has 0 spiro atoms. The Morgan fingerprint density at radius 1 is 1.14 bits per heavy atom. The first-order valence-corrected chi connectivity index (χ1v) is 6.53. The summed E-state index contributed by atoms with van der Waals surface area (Å²) in [6, 6.07) is 13.6. The van der Waals surface area contributed by atoms with Crippen molar-refractivity contribution in [3.05, 3.63) is 60.6 Å². The highest BCUT2D eigenvalue weighted by Gasteiger charge is 2.14. The Kier molecular flexibility index (Phi) is 2.50. The molecule has 0 bridgehead atoms. The van der Waals surface area contributed by atoms with Gasteiger partial charge < -0.3 is 9.73 Å². The van der Waals surface area contributed by atoms with Gasteiger partial charge in [-0.3, -0.25) is 9.89 Å². The van der Waals surface area contributed by atoms with Crippen LogP contribution in [-0.2, 0) is 0 Å². The number of aromatic nitrogens is 2. The second-order valence-electron chi connectivity index (χ2n) is 4.75. The van der Waals surface area contributed by atoms with Crippen molar-refractivity contribution < 1.29 is 9.21 Å². The van der Waals surface area contributed by atoms with E-state index in [1.807, 2.05) is 36.4 Å². The molecule has 0 aliphatic heterocycles. The lowest BCUT2D eigenvalue weighted by Gasteiger charge is -1.97. The minimum Gasteiger partial charge on any atom is -0.451 e. The first kappa shape index (κ1) is 11.7. The summed E-state index contributed by atoms with van der Waals surface area (Å²) in [5, 5.41) is 12.3. The monoisotopic (exact) mass is 277 g/mol. The van der Waals surface area contributed by atoms with Crippen LogP contribution < -0.4 is 5.32 Å². The van der Waals surface area contributed by atoms with Crippen molar-refractivity contribution in [1.29, 1.82) is 0 Å². The molecule has 5 nitrogen and oxygen atoms in total. The number of amides is 1. The molecule has 21 heavy (non-hydrogen) atoms. The lowest BCUT2D eigenvalue weighted by atomic mass is 10.1. The quantitative estimate of drug-likeness (QED) is 0.588. The van der Waals surface area contributed by atoms with Crippen molar-refractivity contribution in [3.63, 3.8) is 0 Å². The van der Waals surface area contributed by atoms with Crippen molar-refractivity contribution in [2.45, 2.75) is 0 Å². The van der Waals surface area contributed by atoms with Crippen LogP contribution in [0.3, 0.4) is 0 Å². The summed E-state index contributed by atoms with van der Waals surface area (Å²) in [5.74, 6) is -0.0146. The zero-order chi connectivity index (χ0) is 14.2. The Hall–Kier alpha value is -3.08. The molecule has 0 fully saturated rings. The molecule has 0 radical (unpaired) electrons. The molecule has 4 rings (SSSR count). The second-order valence-corrected chi connectivity index (χ2v) is 4.75. The van der Waals surface area contributed by atoms with Crippen LogP contribution in [0.25, 0.3) is 21.7 Å². The maximum atomic E-state index is 12.2. The highest BCUT2D eigenvalue weighted by atomic mass is 16.3. The predicted octanol–water partition coefficient (Wildman–Crippen LogP) is 3.56. The first-order chi connectivity index (χ1) is 10.3. The lowest BCUT2D eigenvalue weighted by molar-refractivity contribution is 0.0998. The third-order valence-electron chi connectivity index (χ3n) is 3.41. The van der Waals surface area contributed by atoms with E-state index < -0.39 is 0 Å². The van der Waals surface area contributed by atoms with Gasteiger partial charge in [0, 0.05) is 11.6 Å². The van der Waals surface area contributed by atoms with E-state index in [2.05, 4.69) is 15.5 Å². The number of furan rings is 1. The molecule has 0 aliphatic carbocycles. The average Bonchev–Trinajstić information content (AvgIpc) is 3.15. The van der Waals surface area contributed by atoms with E-state index in [0.29, 0.717) is 11.3 Å². The molecular weight excluding hydrogens is 266 g/mol. The molecule has 102 valence electrons. The third-order valence-corrected chi connectivity index (χ3v) is 3.41. The Morgan fingerprint density at radius 2 is 2.05 bits per heavy atom. The maximum Gasteiger partial charge on any atom is 0.291 e. The summed E-state index contributed by atoms with van der Waals surface area (Å²) >= 11 is 0. The van der Waals surface area contributed by atoms with E-state index in [-0.39, 0.29) is 11.7 Å². The van der Waals surface area contributed by atoms with Gasteiger partial charge in [-0.2, -0.15) is 5.10 Å². The average molecular weight is 277 g/mol. The molecule has 2 N–H and O–H groups in total. The first-order valence-electron chi connectivity index (χ1n) is 6.53. The van der Waals surface area contributed by atoms with Crippen molar-refractivity contribution in [3.8, 4) is 0 Å². The van der Waals surface area contributed by atoms with E-state index in [9.17, 15) is 4.79 Å². The lowest BCUT2D eigenvalue weighted by Crippen LogP contribution is -2.09. The van der Waals surface area contributed by atoms with Crippen LogP contribution in [-0.4, -0.2) is 16.1 Å². The SMILES string of the molecule is O=C(Nc1cn[nH]c1)c1cc2c(ccc3ccccc32)o1. The van der Waals surface area contributed by atoms with E-state index in [0.717, 1.165) is 16.2 Å². The van der Waals surface area contributed by atoms with Gasteiger partial charge in [0.2, 0.25) is 0 Å². The Morgan fingerprint density at radius 3 is 2.90 bits per heavy atom. The number of carbonyl (C=O) groups is 1. The molecule has 2 heterocycles. The maximum absolute atomic E-state index is 12.2. The molecular formula is C16H11N3O2. The molecule has 5 heteroatoms. The molecule has 0 aliphatic rings. The van der Waals surface area contributed by atoms with Gasteiger partial charge in [-0.25, -0.2) is 0 Å². The highest BCUT2D eigenvalue weighted by molar-refractivity contribution is 6.10. The summed E-state index contributed by atoms with van der Waals surface area (Å²) < 4.78 is 5.64. The van der Waals surface area contributed by atoms with Gasteiger partial charge in [0.1, 0.15) is 5.58 Å². The van der Waals surface area contributed by atoms with Crippen LogP contribution in [0, 0.1) is 0 Å². The number of nitrogens with zero attached hydrogens (tertiary/aromatic N) is 1. The number of aromatic amines is 1. The molecule has 1 amide bonds. The summed E-state index contributed by atoms with van der Waals surface area (Å²) in [6.45, 7) is 0. The summed E-state index contributed by atoms with van der Waals surface area (Å²) in [6.07, 6.45) is 3.14. The van der Waals surface area contributed by atoms with Crippen molar-refractivity contribution in [1.82, 2.24) is 10.2 Å². The fraction of sp³-hybridized carbons (Fsp3) is 0. The van der Waals surface area contributed by atoms with E-state index in [1.165, 1.54) is 6.20 Å². The molecule has 0 saturated heterocycles. The standard InChI is InChI=1S/C16H11N3O2/c20-16(19-11-8-17-18-9-11)15-7-13-12-4-2-1-3-10(12)5-6-14(13)21-15/h1-9H,(H,17,18)(H,19,20). The van der Waals surface area contributed by atoms with Crippen LogP contribution in [0.15, 0.2) is 59.3 Å². The number of nitrogens with one attached hydrogen (secondary N) is 2. The number of benzene rings is 2. The number of rotatable bonds is 2. The fourth-order valence-electron chi connectivity index (χ4n) is 2.42. The van der Waals surface area contributed by atoms with Gasteiger partial charge in [-0.1, -0.05) is 30.3 Å². The Labute approximate surface area is 119 Å². The van der Waals surface area contributed by atoms with Gasteiger partial charge in [0.25, 0.3) is 5.91 Å². The third kappa shape index (κ3) is 1.95. The number of H-pyrrole nitrogens is 1. The topological polar surface area (TPSA) is 70.9 Å². The highest BCUT2D eigenvalue weighted by Crippen LogP contribution is 2.28. The Bertz CT molecular complexity index is 939. The fourth-order valence-corrected chi connectivity index (χ4v) is 2.42. The molecule has 0 unspecified atom stereocenters. The van der Waals surface area contributed by atoms with E-state index in [1.54, 1.807) is 12.3 Å². The van der Waals surface area contributed by atoms with Gasteiger partial charge in [-0.05, 0) is 22.9 Å². The molecule has 2 aromatic carbocycles. The van der Waals surface area contributed by atoms with E-state index in [4.69, 9.17) is 4.42 Å². The van der Waals surface area contributed by atoms with E-state index >= 15 is 0 Å². The Balaban J connectivity index is 1.80. The van der Waals surface area contributed by atoms with Crippen LogP contribution in [0.2, 0.25) is 0 Å². The summed E-state index contributed by atoms with van der Waals surface area (Å²) in [7, 11) is 0. The van der Waals surface area contributed by atoms with Crippen LogP contribution in [0.4, 0.5) is 5.69 Å². The minimum absolute atomic E-state index is 0.280. The van der Waals surface area contributed by atoms with Crippen molar-refractivity contribution in [2.75, 3.05) is 5.32 Å². The number of fused-ring (bicyclic) bond motifs is 3. The molecule has 0 saturated carbocycles. The normalized spacial score (nSPS) is 11.0. The molecule has 0 atom stereocenters. The summed E-state index contributed by atoms with van der Waals surface area (Å²) in [4.78, 5) is 12.2. The van der Waals surface area contributed by atoms with Crippen molar-refractivity contribution >= 4 is 33.3 Å². The number of hydrogen-bond acceptors (Lipinski definition) is 3. The van der Waals surface area contributed by atoms with Gasteiger partial charge in [-0.15, -0.1) is 0 Å².